The zero-order valence-corrected chi connectivity index (χ0v) is 16.0. The number of aliphatic carboxylic acids is 1. The second-order valence-electron chi connectivity index (χ2n) is 7.58. The van der Waals surface area contributed by atoms with Crippen LogP contribution in [-0.4, -0.2) is 16.1 Å². The fourth-order valence-electron chi connectivity index (χ4n) is 3.68. The summed E-state index contributed by atoms with van der Waals surface area (Å²) in [6.07, 6.45) is 6.28. The molecule has 0 saturated heterocycles. The molecule has 1 aliphatic rings. The van der Waals surface area contributed by atoms with E-state index in [1.54, 1.807) is 6.08 Å². The molecule has 0 aliphatic heterocycles. The first-order chi connectivity index (χ1) is 13.5. The van der Waals surface area contributed by atoms with Crippen molar-refractivity contribution in [2.24, 2.45) is 11.7 Å². The number of benzene rings is 2. The number of nitrogens with two attached hydrogens (primary N) is 1. The fourth-order valence-corrected chi connectivity index (χ4v) is 3.68. The largest absolute Gasteiger partial charge is 0.478 e. The van der Waals surface area contributed by atoms with E-state index in [2.05, 4.69) is 31.2 Å². The highest BCUT2D eigenvalue weighted by Gasteiger charge is 2.25. The van der Waals surface area contributed by atoms with Gasteiger partial charge in [0.25, 0.3) is 0 Å². The molecule has 0 radical (unpaired) electrons. The highest BCUT2D eigenvalue weighted by atomic mass is 16.4. The van der Waals surface area contributed by atoms with E-state index in [9.17, 15) is 4.79 Å². The Morgan fingerprint density at radius 2 is 1.96 bits per heavy atom. The number of nitrogens with zero attached hydrogens (tertiary/aromatic N) is 1. The van der Waals surface area contributed by atoms with E-state index in [0.717, 1.165) is 57.3 Å². The maximum Gasteiger partial charge on any atom is 0.328 e. The Hall–Kier alpha value is -2.98. The van der Waals surface area contributed by atoms with Gasteiger partial charge in [-0.05, 0) is 72.6 Å². The summed E-state index contributed by atoms with van der Waals surface area (Å²) in [5.74, 6) is -0.238. The normalized spacial score (nSPS) is 14.1. The highest BCUT2D eigenvalue weighted by molar-refractivity contribution is 5.98. The first-order valence-electron chi connectivity index (χ1n) is 9.69. The summed E-state index contributed by atoms with van der Waals surface area (Å²) >= 11 is 0. The van der Waals surface area contributed by atoms with Crippen molar-refractivity contribution < 1.29 is 9.90 Å². The SMILES string of the molecule is Cc1ccc(-c2c(CN)c(CC3CC3)nc3ccc(/C=C/C(=O)O)cc23)cc1. The molecule has 4 nitrogen and oxygen atoms in total. The fraction of sp³-hybridized carbons (Fsp3) is 0.250. The summed E-state index contributed by atoms with van der Waals surface area (Å²) in [7, 11) is 0. The minimum absolute atomic E-state index is 0.434. The zero-order chi connectivity index (χ0) is 19.7. The van der Waals surface area contributed by atoms with Crippen molar-refractivity contribution in [2.45, 2.75) is 32.7 Å². The lowest BCUT2D eigenvalue weighted by Crippen LogP contribution is -2.08. The standard InChI is InChI=1S/C24H24N2O2/c1-15-2-8-18(9-3-15)24-19-12-16(7-11-23(27)28)6-10-21(19)26-22(20(24)14-25)13-17-4-5-17/h2-3,6-12,17H,4-5,13-14,25H2,1H3,(H,27,28)/b11-7+. The van der Waals surface area contributed by atoms with Crippen LogP contribution in [0.15, 0.2) is 48.5 Å². The van der Waals surface area contributed by atoms with Gasteiger partial charge in [0.1, 0.15) is 0 Å². The topological polar surface area (TPSA) is 76.2 Å². The number of aromatic nitrogens is 1. The lowest BCUT2D eigenvalue weighted by Gasteiger charge is -2.17. The van der Waals surface area contributed by atoms with Crippen molar-refractivity contribution in [1.29, 1.82) is 0 Å². The Balaban J connectivity index is 1.96. The first kappa shape index (κ1) is 18.4. The lowest BCUT2D eigenvalue weighted by molar-refractivity contribution is -0.131. The molecule has 28 heavy (non-hydrogen) atoms. The maximum atomic E-state index is 10.9. The quantitative estimate of drug-likeness (QED) is 0.614. The number of aryl methyl sites for hydroxylation is 1. The molecule has 0 spiro atoms. The molecule has 0 amide bonds. The van der Waals surface area contributed by atoms with Crippen LogP contribution < -0.4 is 5.73 Å². The molecule has 0 bridgehead atoms. The van der Waals surface area contributed by atoms with E-state index in [1.807, 2.05) is 18.2 Å². The zero-order valence-electron chi connectivity index (χ0n) is 16.0. The van der Waals surface area contributed by atoms with Crippen LogP contribution in [0, 0.1) is 12.8 Å². The number of rotatable bonds is 6. The average Bonchev–Trinajstić information content (AvgIpc) is 3.50. The molecule has 0 atom stereocenters. The number of pyridine rings is 1. The second kappa shape index (κ2) is 7.56. The molecule has 3 N–H and O–H groups in total. The molecular weight excluding hydrogens is 348 g/mol. The van der Waals surface area contributed by atoms with Gasteiger partial charge < -0.3 is 10.8 Å². The van der Waals surface area contributed by atoms with E-state index in [1.165, 1.54) is 18.4 Å². The van der Waals surface area contributed by atoms with Gasteiger partial charge in [0.05, 0.1) is 5.52 Å². The molecule has 4 heteroatoms. The number of carboxylic acids is 1. The highest BCUT2D eigenvalue weighted by Crippen LogP contribution is 2.38. The van der Waals surface area contributed by atoms with Crippen LogP contribution in [0.3, 0.4) is 0 Å². The van der Waals surface area contributed by atoms with Crippen LogP contribution >= 0.6 is 0 Å². The van der Waals surface area contributed by atoms with Crippen LogP contribution in [0.5, 0.6) is 0 Å². The van der Waals surface area contributed by atoms with Crippen LogP contribution in [0.4, 0.5) is 0 Å². The predicted molar refractivity (Wildman–Crippen MR) is 113 cm³/mol. The summed E-state index contributed by atoms with van der Waals surface area (Å²) in [5.41, 5.74) is 13.6. The number of carbonyl (C=O) groups is 1. The summed E-state index contributed by atoms with van der Waals surface area (Å²) in [6, 6.07) is 14.4. The summed E-state index contributed by atoms with van der Waals surface area (Å²) < 4.78 is 0. The van der Waals surface area contributed by atoms with Gasteiger partial charge in [-0.2, -0.15) is 0 Å². The number of hydrogen-bond acceptors (Lipinski definition) is 3. The third-order valence-corrected chi connectivity index (χ3v) is 5.34. The molecule has 4 rings (SSSR count). The smallest absolute Gasteiger partial charge is 0.328 e. The van der Waals surface area contributed by atoms with Gasteiger partial charge in [0.2, 0.25) is 0 Å². The third kappa shape index (κ3) is 3.82. The van der Waals surface area contributed by atoms with Crippen molar-refractivity contribution in [2.75, 3.05) is 0 Å². The van der Waals surface area contributed by atoms with E-state index in [4.69, 9.17) is 15.8 Å². The van der Waals surface area contributed by atoms with E-state index < -0.39 is 5.97 Å². The molecule has 1 saturated carbocycles. The molecule has 1 heterocycles. The van der Waals surface area contributed by atoms with Gasteiger partial charge >= 0.3 is 5.97 Å². The molecule has 2 aromatic carbocycles. The summed E-state index contributed by atoms with van der Waals surface area (Å²) in [6.45, 7) is 2.51. The van der Waals surface area contributed by atoms with Crippen LogP contribution in [0.1, 0.15) is 35.2 Å². The third-order valence-electron chi connectivity index (χ3n) is 5.34. The van der Waals surface area contributed by atoms with E-state index >= 15 is 0 Å². The van der Waals surface area contributed by atoms with Crippen LogP contribution in [0.2, 0.25) is 0 Å². The Morgan fingerprint density at radius 3 is 2.61 bits per heavy atom. The van der Waals surface area contributed by atoms with Gasteiger partial charge in [0.15, 0.2) is 0 Å². The van der Waals surface area contributed by atoms with Gasteiger partial charge in [-0.15, -0.1) is 0 Å². The Labute approximate surface area is 164 Å². The molecule has 1 aliphatic carbocycles. The summed E-state index contributed by atoms with van der Waals surface area (Å²) in [4.78, 5) is 15.8. The van der Waals surface area contributed by atoms with E-state index in [0.29, 0.717) is 6.54 Å². The number of fused-ring (bicyclic) bond motifs is 1. The van der Waals surface area contributed by atoms with Gasteiger partial charge in [-0.3, -0.25) is 4.98 Å². The Kier molecular flexibility index (Phi) is 4.97. The predicted octanol–water partition coefficient (Wildman–Crippen LogP) is 4.72. The minimum atomic E-state index is -0.959. The minimum Gasteiger partial charge on any atom is -0.478 e. The molecule has 0 unspecified atom stereocenters. The monoisotopic (exact) mass is 372 g/mol. The number of carboxylic acid groups (broad SMARTS) is 1. The van der Waals surface area contributed by atoms with Gasteiger partial charge in [-0.1, -0.05) is 35.9 Å². The van der Waals surface area contributed by atoms with Crippen molar-refractivity contribution in [3.8, 4) is 11.1 Å². The Morgan fingerprint density at radius 1 is 1.21 bits per heavy atom. The first-order valence-corrected chi connectivity index (χ1v) is 9.69. The summed E-state index contributed by atoms with van der Waals surface area (Å²) in [5, 5.41) is 9.95. The molecule has 142 valence electrons. The van der Waals surface area contributed by atoms with Crippen molar-refractivity contribution in [3.63, 3.8) is 0 Å². The average molecular weight is 372 g/mol. The van der Waals surface area contributed by atoms with Crippen molar-refractivity contribution in [3.05, 3.63) is 70.9 Å². The molecule has 1 fully saturated rings. The maximum absolute atomic E-state index is 10.9. The van der Waals surface area contributed by atoms with Gasteiger partial charge in [-0.25, -0.2) is 4.79 Å². The lowest BCUT2D eigenvalue weighted by atomic mass is 9.91. The van der Waals surface area contributed by atoms with Crippen molar-refractivity contribution >= 4 is 22.9 Å². The van der Waals surface area contributed by atoms with Gasteiger partial charge in [0, 0.05) is 23.7 Å². The second-order valence-corrected chi connectivity index (χ2v) is 7.58. The Bertz CT molecular complexity index is 1060. The van der Waals surface area contributed by atoms with Crippen LogP contribution in [-0.2, 0) is 17.8 Å². The number of hydrogen-bond donors (Lipinski definition) is 2. The van der Waals surface area contributed by atoms with Crippen LogP contribution in [0.25, 0.3) is 28.1 Å². The molecule has 3 aromatic rings. The van der Waals surface area contributed by atoms with E-state index in [-0.39, 0.29) is 0 Å². The molecular formula is C24H24N2O2. The molecule has 1 aromatic heterocycles. The van der Waals surface area contributed by atoms with Crippen molar-refractivity contribution in [1.82, 2.24) is 4.98 Å².